The Bertz CT molecular complexity index is 489. The Morgan fingerprint density at radius 3 is 2.00 bits per heavy atom. The van der Waals surface area contributed by atoms with Crippen LogP contribution in [0, 0.1) is 6.07 Å². The molecule has 1 radical (unpaired) electrons. The van der Waals surface area contributed by atoms with Gasteiger partial charge in [0.2, 0.25) is 0 Å². The third-order valence-electron chi connectivity index (χ3n) is 1.55. The minimum atomic E-state index is -3.55. The van der Waals surface area contributed by atoms with Gasteiger partial charge in [-0.25, -0.2) is 16.8 Å². The SMILES string of the molecule is CS(=O)(=O)c1[c]cccc1S(C)(=O)=O. The van der Waals surface area contributed by atoms with Gasteiger partial charge in [-0.2, -0.15) is 0 Å². The van der Waals surface area contributed by atoms with E-state index in [1.54, 1.807) is 0 Å². The van der Waals surface area contributed by atoms with Crippen LogP contribution in [0.4, 0.5) is 0 Å². The van der Waals surface area contributed by atoms with Crippen molar-refractivity contribution >= 4 is 19.7 Å². The van der Waals surface area contributed by atoms with E-state index in [4.69, 9.17) is 0 Å². The molecule has 0 amide bonds. The molecule has 0 aromatic heterocycles. The molecule has 0 bridgehead atoms. The molecule has 1 aromatic rings. The van der Waals surface area contributed by atoms with Crippen molar-refractivity contribution in [3.8, 4) is 0 Å². The summed E-state index contributed by atoms with van der Waals surface area (Å²) in [4.78, 5) is -0.481. The van der Waals surface area contributed by atoms with Crippen LogP contribution in [0.15, 0.2) is 28.0 Å². The molecule has 0 atom stereocenters. The predicted octanol–water partition coefficient (Wildman–Crippen LogP) is 0.294. The van der Waals surface area contributed by atoms with Crippen molar-refractivity contribution in [2.24, 2.45) is 0 Å². The Kier molecular flexibility index (Phi) is 2.69. The molecule has 0 N–H and O–H groups in total. The first-order valence-electron chi connectivity index (χ1n) is 3.64. The van der Waals surface area contributed by atoms with E-state index < -0.39 is 19.7 Å². The standard InChI is InChI=1S/C8H9O4S2/c1-13(9,10)7-5-3-4-6-8(7)14(2,11)12/h3-5H,1-2H3. The monoisotopic (exact) mass is 233 g/mol. The van der Waals surface area contributed by atoms with E-state index >= 15 is 0 Å². The fourth-order valence-corrected chi connectivity index (χ4v) is 3.33. The van der Waals surface area contributed by atoms with Crippen LogP contribution in [0.3, 0.4) is 0 Å². The summed E-state index contributed by atoms with van der Waals surface area (Å²) >= 11 is 0. The van der Waals surface area contributed by atoms with Crippen LogP contribution in [-0.2, 0) is 19.7 Å². The van der Waals surface area contributed by atoms with Crippen molar-refractivity contribution in [2.75, 3.05) is 12.5 Å². The van der Waals surface area contributed by atoms with E-state index in [-0.39, 0.29) is 9.79 Å². The lowest BCUT2D eigenvalue weighted by atomic mass is 10.4. The molecule has 0 saturated heterocycles. The second kappa shape index (κ2) is 3.36. The Hall–Kier alpha value is -0.880. The lowest BCUT2D eigenvalue weighted by molar-refractivity contribution is 0.588. The highest BCUT2D eigenvalue weighted by Gasteiger charge is 2.19. The largest absolute Gasteiger partial charge is 0.224 e. The van der Waals surface area contributed by atoms with Crippen LogP contribution < -0.4 is 0 Å². The molecule has 4 nitrogen and oxygen atoms in total. The fourth-order valence-electron chi connectivity index (χ4n) is 0.988. The summed E-state index contributed by atoms with van der Waals surface area (Å²) in [6.45, 7) is 0. The second-order valence-corrected chi connectivity index (χ2v) is 6.84. The van der Waals surface area contributed by atoms with Gasteiger partial charge in [0.25, 0.3) is 0 Å². The first-order chi connectivity index (χ1) is 6.23. The highest BCUT2D eigenvalue weighted by Crippen LogP contribution is 2.19. The first-order valence-corrected chi connectivity index (χ1v) is 7.42. The molecular weight excluding hydrogens is 224 g/mol. The Morgan fingerprint density at radius 2 is 1.64 bits per heavy atom. The van der Waals surface area contributed by atoms with E-state index in [0.717, 1.165) is 12.5 Å². The molecule has 0 fully saturated rings. The van der Waals surface area contributed by atoms with Gasteiger partial charge in [0.05, 0.1) is 9.79 Å². The van der Waals surface area contributed by atoms with Crippen LogP contribution in [0.25, 0.3) is 0 Å². The summed E-state index contributed by atoms with van der Waals surface area (Å²) in [5.74, 6) is 0. The van der Waals surface area contributed by atoms with E-state index in [1.807, 2.05) is 0 Å². The molecule has 0 aliphatic rings. The maximum Gasteiger partial charge on any atom is 0.177 e. The zero-order chi connectivity index (χ0) is 11.0. The van der Waals surface area contributed by atoms with E-state index in [9.17, 15) is 16.8 Å². The van der Waals surface area contributed by atoms with E-state index in [1.165, 1.54) is 18.2 Å². The third-order valence-corrected chi connectivity index (χ3v) is 3.90. The summed E-state index contributed by atoms with van der Waals surface area (Å²) in [7, 11) is -7.08. The maximum atomic E-state index is 11.2. The maximum absolute atomic E-state index is 11.2. The van der Waals surface area contributed by atoms with Crippen molar-refractivity contribution in [3.05, 3.63) is 24.3 Å². The molecule has 1 aromatic carbocycles. The van der Waals surface area contributed by atoms with Crippen molar-refractivity contribution in [1.29, 1.82) is 0 Å². The molecule has 0 aliphatic heterocycles. The summed E-state index contributed by atoms with van der Waals surface area (Å²) in [6, 6.07) is 6.47. The lowest BCUT2D eigenvalue weighted by Crippen LogP contribution is -2.07. The molecule has 0 spiro atoms. The molecule has 0 heterocycles. The predicted molar refractivity (Wildman–Crippen MR) is 51.5 cm³/mol. The minimum Gasteiger partial charge on any atom is -0.224 e. The van der Waals surface area contributed by atoms with Gasteiger partial charge in [-0.1, -0.05) is 12.1 Å². The van der Waals surface area contributed by atoms with Crippen molar-refractivity contribution in [1.82, 2.24) is 0 Å². The Morgan fingerprint density at radius 1 is 1.07 bits per heavy atom. The molecule has 1 rings (SSSR count). The van der Waals surface area contributed by atoms with Gasteiger partial charge in [0.1, 0.15) is 0 Å². The molecule has 14 heavy (non-hydrogen) atoms. The molecule has 6 heteroatoms. The van der Waals surface area contributed by atoms with E-state index in [2.05, 4.69) is 6.07 Å². The lowest BCUT2D eigenvalue weighted by Gasteiger charge is -2.03. The van der Waals surface area contributed by atoms with Crippen LogP contribution in [0.1, 0.15) is 0 Å². The molecule has 0 aliphatic carbocycles. The number of benzene rings is 1. The first kappa shape index (κ1) is 11.2. The third kappa shape index (κ3) is 2.33. The van der Waals surface area contributed by atoms with Gasteiger partial charge in [-0.05, 0) is 6.07 Å². The summed E-state index contributed by atoms with van der Waals surface area (Å²) in [5, 5.41) is 0. The van der Waals surface area contributed by atoms with Crippen LogP contribution in [0.2, 0.25) is 0 Å². The van der Waals surface area contributed by atoms with Crippen molar-refractivity contribution < 1.29 is 16.8 Å². The van der Waals surface area contributed by atoms with Crippen LogP contribution in [0.5, 0.6) is 0 Å². The highest BCUT2D eigenvalue weighted by molar-refractivity contribution is 7.93. The molecule has 77 valence electrons. The van der Waals surface area contributed by atoms with Crippen molar-refractivity contribution in [3.63, 3.8) is 0 Å². The topological polar surface area (TPSA) is 68.3 Å². The Balaban J connectivity index is 3.64. The van der Waals surface area contributed by atoms with Gasteiger partial charge in [-0.15, -0.1) is 0 Å². The smallest absolute Gasteiger partial charge is 0.177 e. The normalized spacial score (nSPS) is 12.7. The van der Waals surface area contributed by atoms with Crippen molar-refractivity contribution in [2.45, 2.75) is 9.79 Å². The summed E-state index contributed by atoms with van der Waals surface area (Å²) in [6.07, 6.45) is 1.92. The van der Waals surface area contributed by atoms with Gasteiger partial charge in [0, 0.05) is 18.6 Å². The minimum absolute atomic E-state index is 0.206. The van der Waals surface area contributed by atoms with Gasteiger partial charge < -0.3 is 0 Å². The number of hydrogen-bond acceptors (Lipinski definition) is 4. The molecule has 0 unspecified atom stereocenters. The fraction of sp³-hybridized carbons (Fsp3) is 0.250. The van der Waals surface area contributed by atoms with Gasteiger partial charge in [0.15, 0.2) is 19.7 Å². The number of hydrogen-bond donors (Lipinski definition) is 0. The summed E-state index contributed by atoms with van der Waals surface area (Å²) in [5.41, 5.74) is 0. The Labute approximate surface area is 83.4 Å². The average Bonchev–Trinajstić information content (AvgIpc) is 2.01. The summed E-state index contributed by atoms with van der Waals surface area (Å²) < 4.78 is 44.8. The quantitative estimate of drug-likeness (QED) is 0.736. The number of rotatable bonds is 2. The van der Waals surface area contributed by atoms with Gasteiger partial charge in [-0.3, -0.25) is 0 Å². The average molecular weight is 233 g/mol. The van der Waals surface area contributed by atoms with E-state index in [0.29, 0.717) is 0 Å². The molecular formula is C8H9O4S2. The molecule has 0 saturated carbocycles. The van der Waals surface area contributed by atoms with Crippen LogP contribution in [-0.4, -0.2) is 29.3 Å². The number of sulfone groups is 2. The van der Waals surface area contributed by atoms with Crippen LogP contribution >= 0.6 is 0 Å². The highest BCUT2D eigenvalue weighted by atomic mass is 32.2. The van der Waals surface area contributed by atoms with Gasteiger partial charge >= 0.3 is 0 Å². The zero-order valence-corrected chi connectivity index (χ0v) is 9.31. The second-order valence-electron chi connectivity index (χ2n) is 2.91. The zero-order valence-electron chi connectivity index (χ0n) is 7.68.